The van der Waals surface area contributed by atoms with E-state index < -0.39 is 0 Å². The molecule has 4 nitrogen and oxygen atoms in total. The fraction of sp³-hybridized carbons (Fsp3) is 0.120. The molecule has 1 saturated heterocycles. The first-order chi connectivity index (χ1) is 15.1. The molecule has 31 heavy (non-hydrogen) atoms. The second-order valence-electron chi connectivity index (χ2n) is 7.61. The average molecular weight is 445 g/mol. The number of aryl methyl sites for hydroxylation is 1. The lowest BCUT2D eigenvalue weighted by atomic mass is 10.0. The van der Waals surface area contributed by atoms with Crippen LogP contribution >= 0.6 is 23.8 Å². The lowest BCUT2D eigenvalue weighted by molar-refractivity contribution is 0.549. The van der Waals surface area contributed by atoms with Crippen molar-refractivity contribution in [2.45, 2.75) is 19.0 Å². The SMILES string of the molecule is Cc1ccc(-n2cccc2[C@H]2[C@@H](c3ccccn3)NC(=S)N2c2ccc(Cl)cc2)cc1. The monoisotopic (exact) mass is 444 g/mol. The summed E-state index contributed by atoms with van der Waals surface area (Å²) in [7, 11) is 0. The van der Waals surface area contributed by atoms with E-state index in [-0.39, 0.29) is 12.1 Å². The van der Waals surface area contributed by atoms with Crippen molar-refractivity contribution in [1.29, 1.82) is 0 Å². The van der Waals surface area contributed by atoms with Crippen LogP contribution in [0.15, 0.2) is 91.3 Å². The number of benzene rings is 2. The van der Waals surface area contributed by atoms with Crippen LogP contribution in [0.5, 0.6) is 0 Å². The van der Waals surface area contributed by atoms with Gasteiger partial charge in [0.15, 0.2) is 5.11 Å². The van der Waals surface area contributed by atoms with E-state index in [1.165, 1.54) is 5.56 Å². The molecule has 2 aromatic carbocycles. The van der Waals surface area contributed by atoms with Crippen LogP contribution in [-0.2, 0) is 0 Å². The molecule has 0 unspecified atom stereocenters. The highest BCUT2D eigenvalue weighted by atomic mass is 35.5. The number of nitrogens with one attached hydrogen (secondary N) is 1. The van der Waals surface area contributed by atoms with Gasteiger partial charge in [-0.2, -0.15) is 0 Å². The molecule has 1 N–H and O–H groups in total. The molecule has 0 spiro atoms. The minimum absolute atomic E-state index is 0.0834. The van der Waals surface area contributed by atoms with Gasteiger partial charge in [0.2, 0.25) is 0 Å². The van der Waals surface area contributed by atoms with Gasteiger partial charge in [0, 0.05) is 34.5 Å². The van der Waals surface area contributed by atoms with Crippen LogP contribution in [-0.4, -0.2) is 14.7 Å². The van der Waals surface area contributed by atoms with Crippen molar-refractivity contribution < 1.29 is 0 Å². The largest absolute Gasteiger partial charge is 0.351 e. The maximum atomic E-state index is 6.15. The summed E-state index contributed by atoms with van der Waals surface area (Å²) in [6.07, 6.45) is 3.91. The van der Waals surface area contributed by atoms with E-state index in [4.69, 9.17) is 23.8 Å². The third kappa shape index (κ3) is 3.71. The number of hydrogen-bond donors (Lipinski definition) is 1. The number of pyridine rings is 1. The van der Waals surface area contributed by atoms with Gasteiger partial charge in [-0.1, -0.05) is 35.4 Å². The number of thiocarbonyl (C=S) groups is 1. The quantitative estimate of drug-likeness (QED) is 0.391. The molecule has 1 aliphatic heterocycles. The highest BCUT2D eigenvalue weighted by Crippen LogP contribution is 2.42. The lowest BCUT2D eigenvalue weighted by Gasteiger charge is -2.29. The predicted octanol–water partition coefficient (Wildman–Crippen LogP) is 6.01. The molecule has 0 aliphatic carbocycles. The first kappa shape index (κ1) is 19.8. The molecule has 0 saturated carbocycles. The minimum Gasteiger partial charge on any atom is -0.351 e. The fourth-order valence-corrected chi connectivity index (χ4v) is 4.58. The van der Waals surface area contributed by atoms with Crippen molar-refractivity contribution in [3.8, 4) is 5.69 Å². The maximum Gasteiger partial charge on any atom is 0.174 e. The first-order valence-corrected chi connectivity index (χ1v) is 10.9. The summed E-state index contributed by atoms with van der Waals surface area (Å²) in [6, 6.07) is 26.4. The Morgan fingerprint density at radius 3 is 2.35 bits per heavy atom. The number of anilines is 1. The average Bonchev–Trinajstić information content (AvgIpc) is 3.40. The summed E-state index contributed by atoms with van der Waals surface area (Å²) < 4.78 is 2.22. The Kier molecular flexibility index (Phi) is 5.22. The normalized spacial score (nSPS) is 18.3. The van der Waals surface area contributed by atoms with Crippen molar-refractivity contribution in [1.82, 2.24) is 14.9 Å². The van der Waals surface area contributed by atoms with Gasteiger partial charge >= 0.3 is 0 Å². The Hall–Kier alpha value is -3.15. The molecule has 0 amide bonds. The Labute approximate surface area is 192 Å². The molecule has 154 valence electrons. The van der Waals surface area contributed by atoms with E-state index in [9.17, 15) is 0 Å². The molecule has 1 fully saturated rings. The smallest absolute Gasteiger partial charge is 0.174 e. The zero-order valence-electron chi connectivity index (χ0n) is 16.9. The van der Waals surface area contributed by atoms with Crippen LogP contribution in [0.3, 0.4) is 0 Å². The minimum atomic E-state index is -0.0940. The topological polar surface area (TPSA) is 33.1 Å². The third-order valence-electron chi connectivity index (χ3n) is 5.60. The molecular formula is C25H21ClN4S. The van der Waals surface area contributed by atoms with E-state index >= 15 is 0 Å². The molecule has 6 heteroatoms. The van der Waals surface area contributed by atoms with Crippen molar-refractivity contribution in [2.75, 3.05) is 4.90 Å². The van der Waals surface area contributed by atoms with Crippen LogP contribution in [0.2, 0.25) is 5.02 Å². The molecule has 2 atom stereocenters. The van der Waals surface area contributed by atoms with E-state index in [1.807, 2.05) is 48.7 Å². The number of halogens is 1. The summed E-state index contributed by atoms with van der Waals surface area (Å²) in [5, 5.41) is 4.87. The van der Waals surface area contributed by atoms with E-state index in [2.05, 4.69) is 69.3 Å². The highest BCUT2D eigenvalue weighted by Gasteiger charge is 2.42. The maximum absolute atomic E-state index is 6.15. The van der Waals surface area contributed by atoms with Gasteiger partial charge in [0.05, 0.1) is 11.7 Å². The lowest BCUT2D eigenvalue weighted by Crippen LogP contribution is -2.30. The number of hydrogen-bond acceptors (Lipinski definition) is 2. The Balaban J connectivity index is 1.66. The van der Waals surface area contributed by atoms with Gasteiger partial charge in [0.1, 0.15) is 6.04 Å². The van der Waals surface area contributed by atoms with Crippen LogP contribution in [0.1, 0.15) is 29.0 Å². The zero-order valence-corrected chi connectivity index (χ0v) is 18.5. The first-order valence-electron chi connectivity index (χ1n) is 10.1. The molecule has 3 heterocycles. The van der Waals surface area contributed by atoms with Gasteiger partial charge in [-0.25, -0.2) is 0 Å². The van der Waals surface area contributed by atoms with Gasteiger partial charge in [-0.15, -0.1) is 0 Å². The van der Waals surface area contributed by atoms with Gasteiger partial charge in [-0.05, 0) is 79.8 Å². The summed E-state index contributed by atoms with van der Waals surface area (Å²) in [4.78, 5) is 6.79. The van der Waals surface area contributed by atoms with Crippen molar-refractivity contribution in [2.24, 2.45) is 0 Å². The summed E-state index contributed by atoms with van der Waals surface area (Å²) in [6.45, 7) is 2.10. The Morgan fingerprint density at radius 2 is 1.65 bits per heavy atom. The molecule has 1 aliphatic rings. The van der Waals surface area contributed by atoms with Gasteiger partial charge in [-0.3, -0.25) is 4.98 Å². The Bertz CT molecular complexity index is 1200. The molecule has 2 aromatic heterocycles. The van der Waals surface area contributed by atoms with E-state index in [0.29, 0.717) is 10.1 Å². The van der Waals surface area contributed by atoms with Crippen molar-refractivity contribution >= 4 is 34.6 Å². The Morgan fingerprint density at radius 1 is 0.903 bits per heavy atom. The second-order valence-corrected chi connectivity index (χ2v) is 8.43. The number of rotatable bonds is 4. The highest BCUT2D eigenvalue weighted by molar-refractivity contribution is 7.80. The number of nitrogens with zero attached hydrogens (tertiary/aromatic N) is 3. The molecule has 5 rings (SSSR count). The molecule has 4 aromatic rings. The predicted molar refractivity (Wildman–Crippen MR) is 130 cm³/mol. The summed E-state index contributed by atoms with van der Waals surface area (Å²) >= 11 is 12.0. The van der Waals surface area contributed by atoms with E-state index in [1.54, 1.807) is 0 Å². The standard InChI is InChI=1S/C25H21ClN4S/c1-17-7-11-19(12-8-17)29-16-4-6-22(29)24-23(21-5-2-3-15-27-21)28-25(31)30(24)20-13-9-18(26)10-14-20/h2-16,23-24H,1H3,(H,28,31)/t23-,24+/m1/s1. The zero-order chi connectivity index (χ0) is 21.4. The number of aromatic nitrogens is 2. The van der Waals surface area contributed by atoms with E-state index in [0.717, 1.165) is 22.8 Å². The third-order valence-corrected chi connectivity index (χ3v) is 6.16. The van der Waals surface area contributed by atoms with Gasteiger partial charge in [0.25, 0.3) is 0 Å². The van der Waals surface area contributed by atoms with Crippen molar-refractivity contribution in [3.63, 3.8) is 0 Å². The van der Waals surface area contributed by atoms with Crippen LogP contribution in [0.4, 0.5) is 5.69 Å². The van der Waals surface area contributed by atoms with Crippen LogP contribution in [0, 0.1) is 6.92 Å². The van der Waals surface area contributed by atoms with Crippen LogP contribution < -0.4 is 10.2 Å². The molecule has 0 radical (unpaired) electrons. The summed E-state index contributed by atoms with van der Waals surface area (Å²) in [5.41, 5.74) is 5.40. The fourth-order valence-electron chi connectivity index (χ4n) is 4.11. The van der Waals surface area contributed by atoms with Crippen molar-refractivity contribution in [3.05, 3.63) is 113 Å². The van der Waals surface area contributed by atoms with Gasteiger partial charge < -0.3 is 14.8 Å². The molecule has 0 bridgehead atoms. The second kappa shape index (κ2) is 8.17. The summed E-state index contributed by atoms with van der Waals surface area (Å²) in [5.74, 6) is 0. The van der Waals surface area contributed by atoms with Crippen LogP contribution in [0.25, 0.3) is 5.69 Å². The molecular weight excluding hydrogens is 424 g/mol.